The SMILES string of the molecule is CCOc1ccc(N(CC(=O)Nc2ccccc2C(=O)O)S(C)(=O)=O)cc1. The lowest BCUT2D eigenvalue weighted by molar-refractivity contribution is -0.114. The van der Waals surface area contributed by atoms with Crippen molar-refractivity contribution in [1.82, 2.24) is 0 Å². The van der Waals surface area contributed by atoms with E-state index in [1.807, 2.05) is 6.92 Å². The van der Waals surface area contributed by atoms with Gasteiger partial charge in [0.15, 0.2) is 0 Å². The van der Waals surface area contributed by atoms with Crippen LogP contribution in [-0.4, -0.2) is 44.8 Å². The number of aromatic carboxylic acids is 1. The van der Waals surface area contributed by atoms with Crippen LogP contribution in [0.4, 0.5) is 11.4 Å². The summed E-state index contributed by atoms with van der Waals surface area (Å²) in [5, 5.41) is 11.6. The summed E-state index contributed by atoms with van der Waals surface area (Å²) in [6.45, 7) is 1.80. The van der Waals surface area contributed by atoms with Crippen molar-refractivity contribution < 1.29 is 27.9 Å². The molecule has 0 aliphatic carbocycles. The number of ether oxygens (including phenoxy) is 1. The van der Waals surface area contributed by atoms with Gasteiger partial charge >= 0.3 is 5.97 Å². The predicted molar refractivity (Wildman–Crippen MR) is 102 cm³/mol. The number of benzene rings is 2. The summed E-state index contributed by atoms with van der Waals surface area (Å²) in [6.07, 6.45) is 0.988. The Kier molecular flexibility index (Phi) is 6.40. The van der Waals surface area contributed by atoms with Gasteiger partial charge in [0.1, 0.15) is 12.3 Å². The molecule has 0 unspecified atom stereocenters. The molecule has 0 saturated heterocycles. The molecular formula is C18H20N2O6S. The zero-order valence-electron chi connectivity index (χ0n) is 14.9. The molecule has 0 radical (unpaired) electrons. The van der Waals surface area contributed by atoms with Gasteiger partial charge in [0.25, 0.3) is 0 Å². The molecule has 2 aromatic rings. The van der Waals surface area contributed by atoms with E-state index < -0.39 is 28.4 Å². The minimum atomic E-state index is -3.74. The largest absolute Gasteiger partial charge is 0.494 e. The summed E-state index contributed by atoms with van der Waals surface area (Å²) in [5.41, 5.74) is 0.301. The Labute approximate surface area is 157 Å². The lowest BCUT2D eigenvalue weighted by Gasteiger charge is -2.22. The molecule has 0 saturated carbocycles. The number of carbonyl (C=O) groups is 2. The van der Waals surface area contributed by atoms with E-state index in [4.69, 9.17) is 9.84 Å². The van der Waals surface area contributed by atoms with E-state index in [2.05, 4.69) is 5.32 Å². The number of hydrogen-bond acceptors (Lipinski definition) is 5. The zero-order valence-corrected chi connectivity index (χ0v) is 15.7. The first kappa shape index (κ1) is 20.2. The minimum absolute atomic E-state index is 0.0853. The summed E-state index contributed by atoms with van der Waals surface area (Å²) in [7, 11) is -3.74. The number of carboxylic acids is 1. The van der Waals surface area contributed by atoms with Gasteiger partial charge in [-0.15, -0.1) is 0 Å². The highest BCUT2D eigenvalue weighted by atomic mass is 32.2. The van der Waals surface area contributed by atoms with Crippen LogP contribution in [0.2, 0.25) is 0 Å². The third-order valence-corrected chi connectivity index (χ3v) is 4.70. The molecule has 2 N–H and O–H groups in total. The molecule has 144 valence electrons. The number of nitrogens with one attached hydrogen (secondary N) is 1. The van der Waals surface area contributed by atoms with Crippen molar-refractivity contribution in [2.45, 2.75) is 6.92 Å². The highest BCUT2D eigenvalue weighted by Crippen LogP contribution is 2.22. The van der Waals surface area contributed by atoms with Crippen molar-refractivity contribution in [3.05, 3.63) is 54.1 Å². The average molecular weight is 392 g/mol. The van der Waals surface area contributed by atoms with Crippen molar-refractivity contribution in [3.8, 4) is 5.75 Å². The van der Waals surface area contributed by atoms with Crippen LogP contribution in [0.3, 0.4) is 0 Å². The van der Waals surface area contributed by atoms with Crippen molar-refractivity contribution >= 4 is 33.3 Å². The first-order valence-corrected chi connectivity index (χ1v) is 9.90. The summed E-state index contributed by atoms with van der Waals surface area (Å²) < 4.78 is 30.5. The average Bonchev–Trinajstić information content (AvgIpc) is 2.60. The second-order valence-corrected chi connectivity index (χ2v) is 7.50. The van der Waals surface area contributed by atoms with Crippen LogP contribution >= 0.6 is 0 Å². The summed E-state index contributed by atoms with van der Waals surface area (Å²) in [4.78, 5) is 23.6. The lowest BCUT2D eigenvalue weighted by Crippen LogP contribution is -2.37. The quantitative estimate of drug-likeness (QED) is 0.712. The van der Waals surface area contributed by atoms with Crippen LogP contribution in [0, 0.1) is 0 Å². The standard InChI is InChI=1S/C18H20N2O6S/c1-3-26-14-10-8-13(9-11-14)20(27(2,24)25)12-17(21)19-16-7-5-4-6-15(16)18(22)23/h4-11H,3,12H2,1-2H3,(H,19,21)(H,22,23). The molecule has 0 bridgehead atoms. The number of anilines is 2. The third kappa shape index (κ3) is 5.45. The molecule has 1 amide bonds. The maximum Gasteiger partial charge on any atom is 0.337 e. The number of sulfonamides is 1. The van der Waals surface area contributed by atoms with Crippen LogP contribution in [-0.2, 0) is 14.8 Å². The van der Waals surface area contributed by atoms with Crippen LogP contribution in [0.15, 0.2) is 48.5 Å². The first-order chi connectivity index (χ1) is 12.7. The number of para-hydroxylation sites is 1. The molecule has 0 aromatic heterocycles. The van der Waals surface area contributed by atoms with E-state index in [9.17, 15) is 18.0 Å². The Bertz CT molecular complexity index is 925. The van der Waals surface area contributed by atoms with Gasteiger partial charge in [-0.25, -0.2) is 13.2 Å². The van der Waals surface area contributed by atoms with Gasteiger partial charge in [-0.3, -0.25) is 9.10 Å². The van der Waals surface area contributed by atoms with Crippen LogP contribution in [0.1, 0.15) is 17.3 Å². The van der Waals surface area contributed by atoms with Crippen LogP contribution < -0.4 is 14.4 Å². The summed E-state index contributed by atoms with van der Waals surface area (Å²) in [6, 6.07) is 12.2. The lowest BCUT2D eigenvalue weighted by atomic mass is 10.2. The van der Waals surface area contributed by atoms with Gasteiger partial charge in [0.2, 0.25) is 15.9 Å². The topological polar surface area (TPSA) is 113 Å². The van der Waals surface area contributed by atoms with Crippen molar-refractivity contribution in [2.24, 2.45) is 0 Å². The number of amides is 1. The Morgan fingerprint density at radius 1 is 1.11 bits per heavy atom. The van der Waals surface area contributed by atoms with Crippen molar-refractivity contribution in [3.63, 3.8) is 0 Å². The third-order valence-electron chi connectivity index (χ3n) is 3.55. The van der Waals surface area contributed by atoms with Gasteiger partial charge in [-0.2, -0.15) is 0 Å². The van der Waals surface area contributed by atoms with E-state index >= 15 is 0 Å². The number of nitrogens with zero attached hydrogens (tertiary/aromatic N) is 1. The first-order valence-electron chi connectivity index (χ1n) is 8.05. The molecule has 0 aliphatic rings. The molecule has 9 heteroatoms. The number of carbonyl (C=O) groups excluding carboxylic acids is 1. The molecule has 0 spiro atoms. The molecular weight excluding hydrogens is 372 g/mol. The van der Waals surface area contributed by atoms with Crippen molar-refractivity contribution in [2.75, 3.05) is 29.0 Å². The van der Waals surface area contributed by atoms with E-state index in [0.29, 0.717) is 18.0 Å². The fourth-order valence-corrected chi connectivity index (χ4v) is 3.23. The zero-order chi connectivity index (χ0) is 20.0. The minimum Gasteiger partial charge on any atom is -0.494 e. The Morgan fingerprint density at radius 2 is 1.74 bits per heavy atom. The Morgan fingerprint density at radius 3 is 2.30 bits per heavy atom. The summed E-state index contributed by atoms with van der Waals surface area (Å²) >= 11 is 0. The number of carboxylic acid groups (broad SMARTS) is 1. The molecule has 0 heterocycles. The van der Waals surface area contributed by atoms with Crippen LogP contribution in [0.25, 0.3) is 0 Å². The van der Waals surface area contributed by atoms with Gasteiger partial charge in [-0.1, -0.05) is 12.1 Å². The molecule has 0 atom stereocenters. The van der Waals surface area contributed by atoms with Gasteiger partial charge < -0.3 is 15.2 Å². The van der Waals surface area contributed by atoms with Crippen molar-refractivity contribution in [1.29, 1.82) is 0 Å². The highest BCUT2D eigenvalue weighted by molar-refractivity contribution is 7.92. The fraction of sp³-hybridized carbons (Fsp3) is 0.222. The fourth-order valence-electron chi connectivity index (χ4n) is 2.37. The van der Waals surface area contributed by atoms with E-state index in [1.165, 1.54) is 30.3 Å². The monoisotopic (exact) mass is 392 g/mol. The second-order valence-electron chi connectivity index (χ2n) is 5.60. The molecule has 8 nitrogen and oxygen atoms in total. The van der Waals surface area contributed by atoms with Gasteiger partial charge in [-0.05, 0) is 43.3 Å². The van der Waals surface area contributed by atoms with E-state index in [1.54, 1.807) is 18.2 Å². The molecule has 0 aliphatic heterocycles. The molecule has 2 rings (SSSR count). The highest BCUT2D eigenvalue weighted by Gasteiger charge is 2.22. The number of hydrogen-bond donors (Lipinski definition) is 2. The Hall–Kier alpha value is -3.07. The molecule has 27 heavy (non-hydrogen) atoms. The maximum atomic E-state index is 12.4. The normalized spacial score (nSPS) is 10.9. The molecule has 0 fully saturated rings. The van der Waals surface area contributed by atoms with E-state index in [0.717, 1.165) is 10.6 Å². The molecule has 2 aromatic carbocycles. The van der Waals surface area contributed by atoms with E-state index in [-0.39, 0.29) is 11.3 Å². The van der Waals surface area contributed by atoms with Crippen LogP contribution in [0.5, 0.6) is 5.75 Å². The van der Waals surface area contributed by atoms with Gasteiger partial charge in [0, 0.05) is 0 Å². The summed E-state index contributed by atoms with van der Waals surface area (Å²) in [5.74, 6) is -1.28. The predicted octanol–water partition coefficient (Wildman–Crippen LogP) is 2.19. The Balaban J connectivity index is 2.22. The number of rotatable bonds is 8. The van der Waals surface area contributed by atoms with Gasteiger partial charge in [0.05, 0.1) is 29.8 Å². The second kappa shape index (κ2) is 8.54. The smallest absolute Gasteiger partial charge is 0.337 e. The maximum absolute atomic E-state index is 12.4.